The molecule has 19 nitrogen and oxygen atoms in total. The summed E-state index contributed by atoms with van der Waals surface area (Å²) in [5.74, 6) is -1.88. The zero-order valence-corrected chi connectivity index (χ0v) is 65.3. The fraction of sp³-hybridized carbons (Fsp3) is 0.452. The van der Waals surface area contributed by atoms with Gasteiger partial charge in [-0.05, 0) is 184 Å². The van der Waals surface area contributed by atoms with Crippen molar-refractivity contribution >= 4 is 135 Å². The maximum atomic E-state index is 12.5. The van der Waals surface area contributed by atoms with E-state index in [0.29, 0.717) is 27.8 Å². The number of hydroxylamine groups is 3. The number of rotatable bonds is 26. The summed E-state index contributed by atoms with van der Waals surface area (Å²) < 4.78 is 11.4. The normalized spacial score (nSPS) is 14.2. The second-order valence-corrected chi connectivity index (χ2v) is 26.3. The van der Waals surface area contributed by atoms with E-state index < -0.39 is 11.9 Å². The number of carboxylic acids is 2. The molecule has 0 fully saturated rings. The van der Waals surface area contributed by atoms with Crippen LogP contribution in [0.3, 0.4) is 0 Å². The molecule has 1 aliphatic carbocycles. The van der Waals surface area contributed by atoms with Crippen LogP contribution in [0.2, 0.25) is 0 Å². The molecule has 0 bridgehead atoms. The molecule has 25 heteroatoms. The second-order valence-electron chi connectivity index (χ2n) is 23.1. The lowest BCUT2D eigenvalue weighted by Crippen LogP contribution is -2.49. The zero-order valence-electron chi connectivity index (χ0n) is 59.6. The molecule has 0 unspecified atom stereocenters. The highest BCUT2D eigenvalue weighted by Crippen LogP contribution is 2.43. The van der Waals surface area contributed by atoms with E-state index in [2.05, 4.69) is 153 Å². The number of allylic oxidation sites excluding steroid dienone is 3. The van der Waals surface area contributed by atoms with E-state index in [1.807, 2.05) is 137 Å². The molecule has 0 aromatic heterocycles. The van der Waals surface area contributed by atoms with E-state index >= 15 is 0 Å². The number of aromatic carboxylic acids is 1. The van der Waals surface area contributed by atoms with Gasteiger partial charge in [0.05, 0.1) is 52.9 Å². The SMILES string of the molecule is CC1=Nc2ccc(SOOO)cc2C1(C)C.CCN(CC)CC.CCN(CC)CC.CC[N+](CC)(CC)OC(=O)CC[N+]1=C(C)C(C)(C)c2cc(SOO[O-])ccc21.Cl.ClC1=C(C=Nc2ccccc2)CCC/C1=C\Nc1ccccc1.O=C(O)CCBr.O=C(O)c1ccccc1S. The lowest BCUT2D eigenvalue weighted by Gasteiger charge is -2.31. The molecule has 3 aliphatic rings. The number of alkyl halides is 1. The number of nitrogens with one attached hydrogen (secondary N) is 1. The van der Waals surface area contributed by atoms with Crippen molar-refractivity contribution in [1.29, 1.82) is 0 Å². The predicted octanol–water partition coefficient (Wildman–Crippen LogP) is 18.2. The first-order valence-electron chi connectivity index (χ1n) is 32.9. The highest BCUT2D eigenvalue weighted by atomic mass is 79.9. The van der Waals surface area contributed by atoms with Gasteiger partial charge in [0, 0.05) is 72.8 Å². The van der Waals surface area contributed by atoms with E-state index in [9.17, 15) is 19.6 Å². The van der Waals surface area contributed by atoms with Crippen LogP contribution >= 0.6 is 76.7 Å². The Bertz CT molecular complexity index is 3300. The van der Waals surface area contributed by atoms with Crippen LogP contribution in [0.4, 0.5) is 22.7 Å². The number of carbonyl (C=O) groups is 3. The van der Waals surface area contributed by atoms with Crippen molar-refractivity contribution in [2.24, 2.45) is 9.98 Å². The van der Waals surface area contributed by atoms with Crippen LogP contribution in [0.5, 0.6) is 0 Å². The number of para-hydroxylation sites is 2. The summed E-state index contributed by atoms with van der Waals surface area (Å²) >= 11 is 15.3. The molecule has 5 aromatic carbocycles. The number of aliphatic imine (C=N–C) groups is 2. The Morgan fingerprint density at radius 2 is 1.28 bits per heavy atom. The van der Waals surface area contributed by atoms with Gasteiger partial charge in [0.2, 0.25) is 5.69 Å². The van der Waals surface area contributed by atoms with Crippen LogP contribution in [0.1, 0.15) is 157 Å². The number of fused-ring (bicyclic) bond motifs is 2. The Morgan fingerprint density at radius 1 is 0.745 bits per heavy atom. The van der Waals surface area contributed by atoms with Gasteiger partial charge in [-0.25, -0.2) is 14.8 Å². The monoisotopic (exact) mass is 1520 g/mol. The molecule has 0 radical (unpaired) electrons. The molecular weight excluding hydrogens is 1410 g/mol. The molecule has 0 atom stereocenters. The Hall–Kier alpha value is -5.45. The minimum absolute atomic E-state index is 0. The maximum absolute atomic E-state index is 12.5. The van der Waals surface area contributed by atoms with Gasteiger partial charge in [0.15, 0.2) is 12.3 Å². The molecule has 0 saturated carbocycles. The Labute approximate surface area is 616 Å². The third-order valence-electron chi connectivity index (χ3n) is 16.9. The van der Waals surface area contributed by atoms with Crippen molar-refractivity contribution < 1.29 is 67.9 Å². The van der Waals surface area contributed by atoms with Crippen LogP contribution in [0.25, 0.3) is 0 Å². The van der Waals surface area contributed by atoms with E-state index in [4.69, 9.17) is 31.9 Å². The van der Waals surface area contributed by atoms with Gasteiger partial charge < -0.3 is 30.6 Å². The summed E-state index contributed by atoms with van der Waals surface area (Å²) in [4.78, 5) is 54.2. The fourth-order valence-electron chi connectivity index (χ4n) is 10.0. The van der Waals surface area contributed by atoms with Gasteiger partial charge in [-0.2, -0.15) is 8.91 Å². The van der Waals surface area contributed by atoms with Crippen molar-refractivity contribution in [3.8, 4) is 0 Å². The van der Waals surface area contributed by atoms with E-state index in [-0.39, 0.29) is 41.2 Å². The molecule has 8 rings (SSSR count). The largest absolute Gasteiger partial charge is 0.691 e. The zero-order chi connectivity index (χ0) is 72.6. The lowest BCUT2D eigenvalue weighted by atomic mass is 9.82. The molecule has 4 N–H and O–H groups in total. The molecule has 0 saturated heterocycles. The third kappa shape index (κ3) is 30.8. The molecular formula is C73H105BrCl2N7O12S3+. The number of hydrogen-bond acceptors (Lipinski definition) is 18. The van der Waals surface area contributed by atoms with Crippen LogP contribution in [-0.2, 0) is 44.0 Å². The first-order valence-corrected chi connectivity index (χ1v) is 36.3. The molecule has 542 valence electrons. The van der Waals surface area contributed by atoms with Gasteiger partial charge in [-0.15, -0.1) is 34.0 Å². The van der Waals surface area contributed by atoms with Gasteiger partial charge >= 0.3 is 17.9 Å². The number of benzene rings is 5. The summed E-state index contributed by atoms with van der Waals surface area (Å²) in [6.07, 6.45) is 7.48. The summed E-state index contributed by atoms with van der Waals surface area (Å²) in [5.41, 5.74) is 10.9. The third-order valence-corrected chi connectivity index (χ3v) is 19.3. The van der Waals surface area contributed by atoms with Crippen molar-refractivity contribution in [2.75, 3.05) is 76.1 Å². The van der Waals surface area contributed by atoms with Crippen molar-refractivity contribution in [2.45, 2.75) is 161 Å². The fourth-order valence-corrected chi connectivity index (χ4v) is 11.7. The van der Waals surface area contributed by atoms with Crippen LogP contribution in [0, 0.1) is 0 Å². The smallest absolute Gasteiger partial charge is 0.373 e. The van der Waals surface area contributed by atoms with Gasteiger partial charge in [-0.1, -0.05) is 136 Å². The van der Waals surface area contributed by atoms with E-state index in [1.54, 1.807) is 18.2 Å². The number of thiol groups is 1. The maximum Gasteiger partial charge on any atom is 0.373 e. The molecule has 98 heavy (non-hydrogen) atoms. The highest BCUT2D eigenvalue weighted by Gasteiger charge is 2.43. The molecule has 5 aromatic rings. The number of halogens is 3. The minimum Gasteiger partial charge on any atom is -0.691 e. The Balaban J connectivity index is 0.000000615. The first-order chi connectivity index (χ1) is 46.3. The predicted molar refractivity (Wildman–Crippen MR) is 409 cm³/mol. The Kier molecular flexibility index (Phi) is 45.4. The topological polar surface area (TPSA) is 227 Å². The molecule has 2 aliphatic heterocycles. The van der Waals surface area contributed by atoms with Gasteiger partial charge in [0.25, 0.3) is 0 Å². The average molecular weight is 1520 g/mol. The Morgan fingerprint density at radius 3 is 1.76 bits per heavy atom. The van der Waals surface area contributed by atoms with Crippen LogP contribution < -0.4 is 10.6 Å². The van der Waals surface area contributed by atoms with Gasteiger partial charge in [0.1, 0.15) is 26.1 Å². The van der Waals surface area contributed by atoms with Crippen molar-refractivity contribution in [3.05, 3.63) is 160 Å². The number of quaternary nitrogens is 1. The molecule has 0 amide bonds. The quantitative estimate of drug-likeness (QED) is 0.00507. The number of aliphatic carboxylic acids is 1. The summed E-state index contributed by atoms with van der Waals surface area (Å²) in [6.45, 7) is 41.9. The molecule has 0 spiro atoms. The van der Waals surface area contributed by atoms with E-state index in [0.717, 1.165) is 129 Å². The standard InChI is InChI=1S/C20H19ClN2.C20H31N2O5S.C11H13NO3S.C7H6O2S.2C6H15N.C3H5BrO2.ClH/c21-20-16(14-22-18-10-3-1-4-11-18)8-7-9-17(20)15-23-19-12-5-2-6-13-19;1-7-22(8-2,9-3)25-19(23)12-13-21-15(4)20(5,6)17-14-16(28-27-26-24)10-11-18(17)21;1-7-11(2,3)9-6-8(16-15-14-13)4-5-10(9)12-7;8-7(9)5-3-1-2-4-6(5)10;2*1-4-7(5-2)6-3;4-2-1-3(5)6;/h1-6,10-15,22H,7-9H2;10-11,14H,7-9,12-13H2,1-6H3;4-6,13H,1-3H3;1-4,10H,(H,8,9);2*4-6H2,1-3H3;1-2H2,(H,5,6);1H/q;+1;;;;;;/b16-14+,23-15?;;;;;;;. The van der Waals surface area contributed by atoms with Crippen molar-refractivity contribution in [1.82, 2.24) is 9.80 Å². The van der Waals surface area contributed by atoms with Crippen molar-refractivity contribution in [3.63, 3.8) is 0 Å². The number of anilines is 1. The summed E-state index contributed by atoms with van der Waals surface area (Å²) in [6, 6.07) is 38.3. The van der Waals surface area contributed by atoms with Crippen LogP contribution in [0.15, 0.2) is 168 Å². The number of nitrogens with zero attached hydrogens (tertiary/aromatic N) is 6. The van der Waals surface area contributed by atoms with Crippen LogP contribution in [-0.4, -0.2) is 141 Å². The van der Waals surface area contributed by atoms with E-state index in [1.165, 1.54) is 51.0 Å². The number of carboxylic acid groups (broad SMARTS) is 2. The first kappa shape index (κ1) is 90.6. The summed E-state index contributed by atoms with van der Waals surface area (Å²) in [5, 5.41) is 46.3. The molecule has 2 heterocycles. The number of carbonyl (C=O) groups excluding carboxylic acids is 1. The summed E-state index contributed by atoms with van der Waals surface area (Å²) in [7, 11) is 0. The second kappa shape index (κ2) is 49.2. The number of hydrogen-bond donors (Lipinski definition) is 5. The highest BCUT2D eigenvalue weighted by molar-refractivity contribution is 9.09. The lowest BCUT2D eigenvalue weighted by molar-refractivity contribution is -1.09. The van der Waals surface area contributed by atoms with Gasteiger partial charge in [-0.3, -0.25) is 24.7 Å². The average Bonchev–Trinajstić information content (AvgIpc) is 1.59. The minimum atomic E-state index is -0.939.